The first-order valence-electron chi connectivity index (χ1n) is 8.25. The second kappa shape index (κ2) is 6.25. The summed E-state index contributed by atoms with van der Waals surface area (Å²) in [6.07, 6.45) is 4.75. The lowest BCUT2D eigenvalue weighted by Gasteiger charge is -2.14. The molecule has 2 aromatic heterocycles. The van der Waals surface area contributed by atoms with Crippen LogP contribution in [0.15, 0.2) is 35.5 Å². The van der Waals surface area contributed by atoms with Crippen molar-refractivity contribution in [3.05, 3.63) is 46.9 Å². The number of fused-ring (bicyclic) bond motifs is 1. The van der Waals surface area contributed by atoms with Gasteiger partial charge in [-0.1, -0.05) is 6.07 Å². The summed E-state index contributed by atoms with van der Waals surface area (Å²) in [6.45, 7) is -0.270. The number of para-hydroxylation sites is 1. The molecule has 0 unspecified atom stereocenters. The summed E-state index contributed by atoms with van der Waals surface area (Å²) in [5.41, 5.74) is 0.696. The SMILES string of the molecule is Cn1ncc2c(=O)n(CC(=O)Nc3c(F)cccc3NC3CC3)cnc21. The van der Waals surface area contributed by atoms with E-state index in [-0.39, 0.29) is 17.8 Å². The predicted molar refractivity (Wildman–Crippen MR) is 94.4 cm³/mol. The molecule has 0 aliphatic heterocycles. The normalized spacial score (nSPS) is 13.8. The van der Waals surface area contributed by atoms with E-state index in [9.17, 15) is 14.0 Å². The van der Waals surface area contributed by atoms with Crippen LogP contribution in [0.3, 0.4) is 0 Å². The van der Waals surface area contributed by atoms with Crippen LogP contribution < -0.4 is 16.2 Å². The molecule has 0 saturated heterocycles. The highest BCUT2D eigenvalue weighted by atomic mass is 19.1. The van der Waals surface area contributed by atoms with Crippen molar-refractivity contribution in [3.8, 4) is 0 Å². The molecule has 0 atom stereocenters. The highest BCUT2D eigenvalue weighted by Crippen LogP contribution is 2.31. The molecule has 3 aromatic rings. The number of aryl methyl sites for hydroxylation is 1. The molecule has 1 aliphatic rings. The van der Waals surface area contributed by atoms with Crippen LogP contribution in [0, 0.1) is 5.82 Å². The highest BCUT2D eigenvalue weighted by Gasteiger charge is 2.23. The summed E-state index contributed by atoms with van der Waals surface area (Å²) in [5, 5.41) is 10.0. The molecular weight excluding hydrogens is 339 g/mol. The summed E-state index contributed by atoms with van der Waals surface area (Å²) in [4.78, 5) is 28.9. The van der Waals surface area contributed by atoms with Gasteiger partial charge in [-0.15, -0.1) is 0 Å². The van der Waals surface area contributed by atoms with Gasteiger partial charge in [0.2, 0.25) is 5.91 Å². The minimum atomic E-state index is -0.530. The van der Waals surface area contributed by atoms with Gasteiger partial charge in [-0.05, 0) is 25.0 Å². The van der Waals surface area contributed by atoms with Gasteiger partial charge in [0, 0.05) is 13.1 Å². The van der Waals surface area contributed by atoms with E-state index in [2.05, 4.69) is 20.7 Å². The highest BCUT2D eigenvalue weighted by molar-refractivity contribution is 5.94. The van der Waals surface area contributed by atoms with Gasteiger partial charge >= 0.3 is 0 Å². The van der Waals surface area contributed by atoms with Gasteiger partial charge in [0.15, 0.2) is 5.65 Å². The maximum absolute atomic E-state index is 14.2. The maximum atomic E-state index is 14.2. The molecule has 0 radical (unpaired) electrons. The molecule has 9 heteroatoms. The van der Waals surface area contributed by atoms with Gasteiger partial charge in [-0.3, -0.25) is 18.8 Å². The van der Waals surface area contributed by atoms with Gasteiger partial charge in [0.05, 0.1) is 11.9 Å². The van der Waals surface area contributed by atoms with Crippen LogP contribution in [0.4, 0.5) is 15.8 Å². The first kappa shape index (κ1) is 16.2. The maximum Gasteiger partial charge on any atom is 0.264 e. The Bertz CT molecular complexity index is 1050. The average molecular weight is 356 g/mol. The van der Waals surface area contributed by atoms with Crippen LogP contribution in [-0.2, 0) is 18.4 Å². The number of carbonyl (C=O) groups is 1. The smallest absolute Gasteiger partial charge is 0.264 e. The molecular formula is C17H17FN6O2. The molecule has 26 heavy (non-hydrogen) atoms. The summed E-state index contributed by atoms with van der Waals surface area (Å²) in [5.74, 6) is -1.04. The van der Waals surface area contributed by atoms with Crippen molar-refractivity contribution in [2.45, 2.75) is 25.4 Å². The van der Waals surface area contributed by atoms with E-state index < -0.39 is 11.7 Å². The Kier molecular flexibility index (Phi) is 3.90. The summed E-state index contributed by atoms with van der Waals surface area (Å²) in [7, 11) is 1.68. The molecule has 2 heterocycles. The quantitative estimate of drug-likeness (QED) is 0.722. The zero-order valence-corrected chi connectivity index (χ0v) is 14.1. The van der Waals surface area contributed by atoms with Crippen molar-refractivity contribution in [3.63, 3.8) is 0 Å². The lowest BCUT2D eigenvalue weighted by Crippen LogP contribution is -2.28. The van der Waals surface area contributed by atoms with Crippen molar-refractivity contribution in [2.75, 3.05) is 10.6 Å². The van der Waals surface area contributed by atoms with Crippen molar-refractivity contribution < 1.29 is 9.18 Å². The number of hydrogen-bond acceptors (Lipinski definition) is 5. The van der Waals surface area contributed by atoms with Crippen molar-refractivity contribution in [1.82, 2.24) is 19.3 Å². The van der Waals surface area contributed by atoms with Gasteiger partial charge in [0.1, 0.15) is 29.8 Å². The van der Waals surface area contributed by atoms with Gasteiger partial charge < -0.3 is 10.6 Å². The van der Waals surface area contributed by atoms with E-state index in [1.807, 2.05) is 0 Å². The van der Waals surface area contributed by atoms with Crippen LogP contribution in [0.1, 0.15) is 12.8 Å². The van der Waals surface area contributed by atoms with E-state index in [0.29, 0.717) is 22.8 Å². The van der Waals surface area contributed by atoms with Crippen molar-refractivity contribution in [2.24, 2.45) is 7.05 Å². The topological polar surface area (TPSA) is 93.8 Å². The Morgan fingerprint density at radius 3 is 2.96 bits per heavy atom. The Morgan fingerprint density at radius 2 is 2.19 bits per heavy atom. The minimum Gasteiger partial charge on any atom is -0.381 e. The van der Waals surface area contributed by atoms with E-state index in [4.69, 9.17) is 0 Å². The number of rotatable bonds is 5. The fourth-order valence-corrected chi connectivity index (χ4v) is 2.73. The molecule has 134 valence electrons. The number of carbonyl (C=O) groups excluding carboxylic acids is 1. The molecule has 0 bridgehead atoms. The number of nitrogens with zero attached hydrogens (tertiary/aromatic N) is 4. The minimum absolute atomic E-state index is 0.0906. The third kappa shape index (κ3) is 3.03. The van der Waals surface area contributed by atoms with E-state index in [1.165, 1.54) is 27.8 Å². The Hall–Kier alpha value is -3.23. The summed E-state index contributed by atoms with van der Waals surface area (Å²) in [6, 6.07) is 4.89. The molecule has 1 aromatic carbocycles. The lowest BCUT2D eigenvalue weighted by molar-refractivity contribution is -0.116. The van der Waals surface area contributed by atoms with Crippen LogP contribution in [0.25, 0.3) is 11.0 Å². The van der Waals surface area contributed by atoms with Gasteiger partial charge in [0.25, 0.3) is 5.56 Å². The number of aromatic nitrogens is 4. The third-order valence-corrected chi connectivity index (χ3v) is 4.25. The molecule has 1 fully saturated rings. The fraction of sp³-hybridized carbons (Fsp3) is 0.294. The Labute approximate surface area is 147 Å². The summed E-state index contributed by atoms with van der Waals surface area (Å²) >= 11 is 0. The second-order valence-corrected chi connectivity index (χ2v) is 6.31. The lowest BCUT2D eigenvalue weighted by atomic mass is 10.2. The molecule has 0 spiro atoms. The van der Waals surface area contributed by atoms with E-state index in [1.54, 1.807) is 19.2 Å². The Balaban J connectivity index is 1.56. The van der Waals surface area contributed by atoms with Crippen molar-refractivity contribution in [1.29, 1.82) is 0 Å². The van der Waals surface area contributed by atoms with E-state index in [0.717, 1.165) is 12.8 Å². The molecule has 1 saturated carbocycles. The molecule has 4 rings (SSSR count). The van der Waals surface area contributed by atoms with Crippen molar-refractivity contribution >= 4 is 28.3 Å². The third-order valence-electron chi connectivity index (χ3n) is 4.25. The number of anilines is 2. The monoisotopic (exact) mass is 356 g/mol. The number of halogens is 1. The first-order valence-corrected chi connectivity index (χ1v) is 8.25. The zero-order chi connectivity index (χ0) is 18.3. The van der Waals surface area contributed by atoms with Crippen LogP contribution in [0.2, 0.25) is 0 Å². The first-order chi connectivity index (χ1) is 12.5. The predicted octanol–water partition coefficient (Wildman–Crippen LogP) is 1.48. The largest absolute Gasteiger partial charge is 0.381 e. The van der Waals surface area contributed by atoms with E-state index >= 15 is 0 Å². The van der Waals surface area contributed by atoms with Gasteiger partial charge in [-0.25, -0.2) is 9.37 Å². The van der Waals surface area contributed by atoms with Crippen LogP contribution in [-0.4, -0.2) is 31.3 Å². The molecule has 1 amide bonds. The fourth-order valence-electron chi connectivity index (χ4n) is 2.73. The molecule has 1 aliphatic carbocycles. The number of benzene rings is 1. The standard InChI is InChI=1S/C17H17FN6O2/c1-23-16-11(7-20-23)17(26)24(9-19-16)8-14(25)22-15-12(18)3-2-4-13(15)21-10-5-6-10/h2-4,7,9-10,21H,5-6,8H2,1H3,(H,22,25). The van der Waals surface area contributed by atoms with Gasteiger partial charge in [-0.2, -0.15) is 5.10 Å². The molecule has 8 nitrogen and oxygen atoms in total. The molecule has 2 N–H and O–H groups in total. The number of hydrogen-bond donors (Lipinski definition) is 2. The summed E-state index contributed by atoms with van der Waals surface area (Å²) < 4.78 is 16.8. The Morgan fingerprint density at radius 1 is 1.38 bits per heavy atom. The average Bonchev–Trinajstić information content (AvgIpc) is 3.34. The van der Waals surface area contributed by atoms with Crippen LogP contribution in [0.5, 0.6) is 0 Å². The zero-order valence-electron chi connectivity index (χ0n) is 14.1. The second-order valence-electron chi connectivity index (χ2n) is 6.31. The number of nitrogens with one attached hydrogen (secondary N) is 2. The number of amides is 1. The van der Waals surface area contributed by atoms with Crippen LogP contribution >= 0.6 is 0 Å².